The van der Waals surface area contributed by atoms with Crippen molar-refractivity contribution in [1.29, 1.82) is 0 Å². The van der Waals surface area contributed by atoms with Crippen LogP contribution in [0.25, 0.3) is 0 Å². The number of aliphatic hydroxyl groups is 2. The quantitative estimate of drug-likeness (QED) is 0.0902. The highest BCUT2D eigenvalue weighted by Crippen LogP contribution is 2.38. The summed E-state index contributed by atoms with van der Waals surface area (Å²) < 4.78 is 20.7. The fourth-order valence-electron chi connectivity index (χ4n) is 4.06. The predicted molar refractivity (Wildman–Crippen MR) is 140 cm³/mol. The molecule has 0 amide bonds. The number of phenols is 9. The molecule has 0 radical (unpaired) electrons. The largest absolute Gasteiger partial charge is 0.504 e. The fourth-order valence-corrected chi connectivity index (χ4v) is 4.06. The van der Waals surface area contributed by atoms with Crippen molar-refractivity contribution in [1.82, 2.24) is 0 Å². The lowest BCUT2D eigenvalue weighted by Crippen LogP contribution is -2.61. The molecule has 11 N–H and O–H groups in total. The van der Waals surface area contributed by atoms with Gasteiger partial charge in [-0.3, -0.25) is 0 Å². The zero-order chi connectivity index (χ0) is 33.3. The van der Waals surface area contributed by atoms with Crippen molar-refractivity contribution < 1.29 is 89.5 Å². The summed E-state index contributed by atoms with van der Waals surface area (Å²) in [7, 11) is 0. The molecule has 2 unspecified atom stereocenters. The summed E-state index contributed by atoms with van der Waals surface area (Å²) in [6, 6.07) is 4.22. The van der Waals surface area contributed by atoms with E-state index in [-0.39, 0.29) is 0 Å². The summed E-state index contributed by atoms with van der Waals surface area (Å²) in [4.78, 5) is 38.1. The summed E-state index contributed by atoms with van der Waals surface area (Å²) in [5.41, 5.74) is -1.60. The first-order valence-electron chi connectivity index (χ1n) is 12.4. The number of rotatable bonds is 7. The molecule has 0 spiro atoms. The summed E-state index contributed by atoms with van der Waals surface area (Å²) in [5.74, 6) is -12.3. The minimum absolute atomic E-state index is 0.488. The molecule has 240 valence electrons. The molecule has 5 atom stereocenters. The molecule has 45 heavy (non-hydrogen) atoms. The first kappa shape index (κ1) is 32.1. The van der Waals surface area contributed by atoms with Gasteiger partial charge in [-0.1, -0.05) is 0 Å². The smallest absolute Gasteiger partial charge is 0.340 e. The van der Waals surface area contributed by atoms with E-state index in [1.165, 1.54) is 0 Å². The Balaban J connectivity index is 1.59. The standard InChI is InChI=1S/C27H24O18/c28-11-1-8(2-12(29)18(11)34)24(39)42-7-17-23(44-25(40)9-3-13(30)19(35)14(31)4-9)21(37)22(38)27(43-17)45-26(41)10-5-15(32)20(36)16(33)6-10/h1-6,17,21-23,27-38H,7H2/t17?,21-,22?,23+,27-/m0/s1. The van der Waals surface area contributed by atoms with Gasteiger partial charge in [0.1, 0.15) is 24.9 Å². The van der Waals surface area contributed by atoms with Gasteiger partial charge in [-0.25, -0.2) is 14.4 Å². The van der Waals surface area contributed by atoms with E-state index in [4.69, 9.17) is 18.9 Å². The highest BCUT2D eigenvalue weighted by molar-refractivity contribution is 5.92. The van der Waals surface area contributed by atoms with Crippen molar-refractivity contribution in [2.24, 2.45) is 0 Å². The predicted octanol–water partition coefficient (Wildman–Crippen LogP) is -0.277. The lowest BCUT2D eigenvalue weighted by Gasteiger charge is -2.41. The normalized spacial score (nSPS) is 21.1. The average molecular weight is 636 g/mol. The SMILES string of the molecule is O=C(OCC1O[C@@H](OC(=O)c2cc(O)c(O)c(O)c2)C(O)[C@H](O)[C@@H]1OC(=O)c1cc(O)c(O)c(O)c1)c1cc(O)c(O)c(O)c1. The average Bonchev–Trinajstić information content (AvgIpc) is 2.99. The van der Waals surface area contributed by atoms with Gasteiger partial charge < -0.3 is 75.1 Å². The maximum absolute atomic E-state index is 12.8. The Bertz CT molecular complexity index is 1580. The van der Waals surface area contributed by atoms with Gasteiger partial charge in [0.05, 0.1) is 16.7 Å². The minimum Gasteiger partial charge on any atom is -0.504 e. The number of hydrogen-bond donors (Lipinski definition) is 11. The Morgan fingerprint density at radius 3 is 1.31 bits per heavy atom. The lowest BCUT2D eigenvalue weighted by molar-refractivity contribution is -0.284. The summed E-state index contributed by atoms with van der Waals surface area (Å²) in [6.07, 6.45) is -10.1. The maximum Gasteiger partial charge on any atom is 0.340 e. The molecule has 3 aromatic rings. The third-order valence-corrected chi connectivity index (χ3v) is 6.40. The Morgan fingerprint density at radius 1 is 0.556 bits per heavy atom. The second kappa shape index (κ2) is 12.4. The highest BCUT2D eigenvalue weighted by Gasteiger charge is 2.49. The van der Waals surface area contributed by atoms with Crippen molar-refractivity contribution in [2.45, 2.75) is 30.7 Å². The number of aromatic hydroxyl groups is 9. The number of phenolic OH excluding ortho intramolecular Hbond substituents is 9. The van der Waals surface area contributed by atoms with Crippen LogP contribution < -0.4 is 0 Å². The van der Waals surface area contributed by atoms with Gasteiger partial charge in [0.2, 0.25) is 6.29 Å². The van der Waals surface area contributed by atoms with E-state index in [2.05, 4.69) is 0 Å². The molecule has 0 aromatic heterocycles. The molecule has 1 aliphatic heterocycles. The van der Waals surface area contributed by atoms with E-state index < -0.39 is 124 Å². The molecule has 1 heterocycles. The summed E-state index contributed by atoms with van der Waals surface area (Å²) in [6.45, 7) is -0.941. The number of benzene rings is 3. The van der Waals surface area contributed by atoms with Crippen LogP contribution in [0, 0.1) is 0 Å². The Kier molecular flexibility index (Phi) is 8.84. The molecule has 1 aliphatic rings. The Labute approximate surface area is 249 Å². The van der Waals surface area contributed by atoms with Crippen molar-refractivity contribution in [3.05, 3.63) is 53.1 Å². The van der Waals surface area contributed by atoms with Crippen LogP contribution >= 0.6 is 0 Å². The van der Waals surface area contributed by atoms with Crippen molar-refractivity contribution in [3.8, 4) is 51.7 Å². The third kappa shape index (κ3) is 6.56. The van der Waals surface area contributed by atoms with E-state index in [1.54, 1.807) is 0 Å². The lowest BCUT2D eigenvalue weighted by atomic mass is 9.98. The number of aliphatic hydroxyl groups excluding tert-OH is 2. The molecule has 1 saturated heterocycles. The van der Waals surface area contributed by atoms with Crippen LogP contribution in [0.4, 0.5) is 0 Å². The van der Waals surface area contributed by atoms with Crippen LogP contribution in [-0.4, -0.2) is 111 Å². The van der Waals surface area contributed by atoms with Gasteiger partial charge >= 0.3 is 17.9 Å². The van der Waals surface area contributed by atoms with Gasteiger partial charge in [0.25, 0.3) is 0 Å². The highest BCUT2D eigenvalue weighted by atomic mass is 16.7. The Hall–Kier alpha value is -5.85. The van der Waals surface area contributed by atoms with E-state index in [0.29, 0.717) is 24.3 Å². The van der Waals surface area contributed by atoms with Crippen molar-refractivity contribution in [2.75, 3.05) is 6.61 Å². The minimum atomic E-state index is -2.18. The fraction of sp³-hybridized carbons (Fsp3) is 0.222. The van der Waals surface area contributed by atoms with E-state index in [0.717, 1.165) is 12.1 Å². The second-order valence-electron chi connectivity index (χ2n) is 9.49. The van der Waals surface area contributed by atoms with Gasteiger partial charge in [0, 0.05) is 0 Å². The van der Waals surface area contributed by atoms with Crippen LogP contribution in [0.1, 0.15) is 31.1 Å². The molecule has 18 nitrogen and oxygen atoms in total. The summed E-state index contributed by atoms with van der Waals surface area (Å²) in [5, 5.41) is 108. The molecule has 0 aliphatic carbocycles. The van der Waals surface area contributed by atoms with Crippen LogP contribution in [0.15, 0.2) is 36.4 Å². The number of esters is 3. The van der Waals surface area contributed by atoms with Crippen molar-refractivity contribution in [3.63, 3.8) is 0 Å². The molecule has 3 aromatic carbocycles. The first-order chi connectivity index (χ1) is 21.1. The zero-order valence-corrected chi connectivity index (χ0v) is 22.3. The number of ether oxygens (including phenoxy) is 4. The molecule has 0 bridgehead atoms. The maximum atomic E-state index is 12.8. The zero-order valence-electron chi connectivity index (χ0n) is 22.3. The molecular weight excluding hydrogens is 612 g/mol. The number of carbonyl (C=O) groups excluding carboxylic acids is 3. The molecule has 1 fully saturated rings. The van der Waals surface area contributed by atoms with E-state index in [1.807, 2.05) is 0 Å². The third-order valence-electron chi connectivity index (χ3n) is 6.40. The second-order valence-corrected chi connectivity index (χ2v) is 9.49. The molecular formula is C27H24O18. The van der Waals surface area contributed by atoms with Crippen molar-refractivity contribution >= 4 is 17.9 Å². The van der Waals surface area contributed by atoms with E-state index in [9.17, 15) is 70.6 Å². The van der Waals surface area contributed by atoms with Crippen LogP contribution in [0.3, 0.4) is 0 Å². The first-order valence-corrected chi connectivity index (χ1v) is 12.4. The van der Waals surface area contributed by atoms with Crippen LogP contribution in [-0.2, 0) is 18.9 Å². The Morgan fingerprint density at radius 2 is 0.911 bits per heavy atom. The van der Waals surface area contributed by atoms with E-state index >= 15 is 0 Å². The summed E-state index contributed by atoms with van der Waals surface area (Å²) >= 11 is 0. The molecule has 18 heteroatoms. The molecule has 4 rings (SSSR count). The van der Waals surface area contributed by atoms with Crippen LogP contribution in [0.2, 0.25) is 0 Å². The number of hydrogen-bond acceptors (Lipinski definition) is 18. The topological polar surface area (TPSA) is 311 Å². The molecule has 0 saturated carbocycles. The monoisotopic (exact) mass is 636 g/mol. The van der Waals surface area contributed by atoms with Crippen LogP contribution in [0.5, 0.6) is 51.7 Å². The van der Waals surface area contributed by atoms with Gasteiger partial charge in [-0.05, 0) is 36.4 Å². The van der Waals surface area contributed by atoms with Gasteiger partial charge in [0.15, 0.2) is 57.8 Å². The number of carbonyl (C=O) groups is 3. The van der Waals surface area contributed by atoms with Gasteiger partial charge in [-0.15, -0.1) is 0 Å². The van der Waals surface area contributed by atoms with Gasteiger partial charge in [-0.2, -0.15) is 0 Å².